The third kappa shape index (κ3) is 4.04. The van der Waals surface area contributed by atoms with E-state index in [1.54, 1.807) is 18.4 Å². The predicted octanol–water partition coefficient (Wildman–Crippen LogP) is 3.48. The third-order valence-corrected chi connectivity index (χ3v) is 4.25. The van der Waals surface area contributed by atoms with Crippen LogP contribution in [-0.2, 0) is 10.3 Å². The van der Waals surface area contributed by atoms with E-state index in [0.717, 1.165) is 17.1 Å². The molecule has 4 heteroatoms. The van der Waals surface area contributed by atoms with Gasteiger partial charge in [0.25, 0.3) is 0 Å². The van der Waals surface area contributed by atoms with Gasteiger partial charge in [0.05, 0.1) is 11.1 Å². The summed E-state index contributed by atoms with van der Waals surface area (Å²) in [5, 5.41) is 6.89. The van der Waals surface area contributed by atoms with Crippen LogP contribution in [0.3, 0.4) is 0 Å². The number of ether oxygens (including phenoxy) is 1. The monoisotopic (exact) mass is 270 g/mol. The first kappa shape index (κ1) is 15.6. The normalized spacial score (nSPS) is 16.0. The van der Waals surface area contributed by atoms with Crippen molar-refractivity contribution < 1.29 is 4.74 Å². The second-order valence-electron chi connectivity index (χ2n) is 6.07. The Morgan fingerprint density at radius 1 is 1.39 bits per heavy atom. The van der Waals surface area contributed by atoms with Crippen molar-refractivity contribution >= 4 is 11.3 Å². The lowest BCUT2D eigenvalue weighted by atomic mass is 9.87. The lowest BCUT2D eigenvalue weighted by Crippen LogP contribution is -2.48. The van der Waals surface area contributed by atoms with E-state index in [4.69, 9.17) is 4.74 Å². The van der Waals surface area contributed by atoms with Gasteiger partial charge < -0.3 is 10.1 Å². The molecule has 0 aliphatic heterocycles. The molecule has 0 spiro atoms. The number of aryl methyl sites for hydroxylation is 1. The Balaban J connectivity index is 3.02. The molecule has 0 amide bonds. The molecule has 0 saturated heterocycles. The van der Waals surface area contributed by atoms with Gasteiger partial charge in [0.1, 0.15) is 5.01 Å². The lowest BCUT2D eigenvalue weighted by molar-refractivity contribution is -0.00854. The molecule has 0 aliphatic carbocycles. The zero-order chi connectivity index (χ0) is 14.0. The molecule has 0 fully saturated rings. The van der Waals surface area contributed by atoms with Crippen LogP contribution in [0.1, 0.15) is 51.7 Å². The van der Waals surface area contributed by atoms with Crippen molar-refractivity contribution in [3.8, 4) is 0 Å². The van der Waals surface area contributed by atoms with Gasteiger partial charge in [-0.15, -0.1) is 11.3 Å². The summed E-state index contributed by atoms with van der Waals surface area (Å²) in [6.07, 6.45) is 0.891. The van der Waals surface area contributed by atoms with Crippen molar-refractivity contribution in [3.05, 3.63) is 16.1 Å². The van der Waals surface area contributed by atoms with Crippen molar-refractivity contribution in [2.45, 2.75) is 65.1 Å². The van der Waals surface area contributed by atoms with Gasteiger partial charge in [0.15, 0.2) is 0 Å². The molecule has 3 nitrogen and oxygen atoms in total. The average Bonchev–Trinajstić information content (AvgIpc) is 2.63. The minimum Gasteiger partial charge on any atom is -0.379 e. The number of methoxy groups -OCH3 is 1. The summed E-state index contributed by atoms with van der Waals surface area (Å²) in [5.41, 5.74) is 0.769. The number of nitrogens with zero attached hydrogens (tertiary/aromatic N) is 1. The highest BCUT2D eigenvalue weighted by molar-refractivity contribution is 7.09. The molecule has 0 aliphatic rings. The number of hydrogen-bond donors (Lipinski definition) is 1. The van der Waals surface area contributed by atoms with E-state index in [1.807, 2.05) is 6.92 Å². The highest BCUT2D eigenvalue weighted by Crippen LogP contribution is 2.34. The van der Waals surface area contributed by atoms with Crippen LogP contribution in [0.15, 0.2) is 5.38 Å². The fourth-order valence-electron chi connectivity index (χ4n) is 2.36. The van der Waals surface area contributed by atoms with Gasteiger partial charge in [-0.05, 0) is 41.5 Å². The molecule has 1 heterocycles. The fourth-order valence-corrected chi connectivity index (χ4v) is 3.28. The van der Waals surface area contributed by atoms with Gasteiger partial charge in [-0.3, -0.25) is 0 Å². The quantitative estimate of drug-likeness (QED) is 0.859. The summed E-state index contributed by atoms with van der Waals surface area (Å²) in [7, 11) is 1.77. The van der Waals surface area contributed by atoms with Crippen LogP contribution in [-0.4, -0.2) is 23.7 Å². The molecule has 0 radical (unpaired) electrons. The molecule has 1 N–H and O–H groups in total. The minimum absolute atomic E-state index is 0.146. The molecule has 1 aromatic rings. The maximum Gasteiger partial charge on any atom is 0.113 e. The summed E-state index contributed by atoms with van der Waals surface area (Å²) >= 11 is 1.72. The van der Waals surface area contributed by atoms with Crippen LogP contribution >= 0.6 is 11.3 Å². The van der Waals surface area contributed by atoms with Crippen LogP contribution in [0.25, 0.3) is 0 Å². The SMILES string of the molecule is COC(C)(C)CC(C)(NC(C)C)c1nc(C)cs1. The molecule has 1 aromatic heterocycles. The van der Waals surface area contributed by atoms with Crippen molar-refractivity contribution in [2.75, 3.05) is 7.11 Å². The molecule has 0 bridgehead atoms. The van der Waals surface area contributed by atoms with Gasteiger partial charge in [-0.1, -0.05) is 0 Å². The van der Waals surface area contributed by atoms with Crippen molar-refractivity contribution in [1.82, 2.24) is 10.3 Å². The highest BCUT2D eigenvalue weighted by Gasteiger charge is 2.36. The predicted molar refractivity (Wildman–Crippen MR) is 78.2 cm³/mol. The van der Waals surface area contributed by atoms with Crippen molar-refractivity contribution in [3.63, 3.8) is 0 Å². The van der Waals surface area contributed by atoms with E-state index in [0.29, 0.717) is 6.04 Å². The topological polar surface area (TPSA) is 34.1 Å². The van der Waals surface area contributed by atoms with Gasteiger partial charge in [-0.25, -0.2) is 4.98 Å². The van der Waals surface area contributed by atoms with E-state index in [-0.39, 0.29) is 11.1 Å². The van der Waals surface area contributed by atoms with Crippen molar-refractivity contribution in [2.24, 2.45) is 0 Å². The average molecular weight is 270 g/mol. The summed E-state index contributed by atoms with van der Waals surface area (Å²) < 4.78 is 5.58. The largest absolute Gasteiger partial charge is 0.379 e. The molecule has 18 heavy (non-hydrogen) atoms. The Hall–Kier alpha value is -0.450. The molecule has 0 saturated carbocycles. The summed E-state index contributed by atoms with van der Waals surface area (Å²) in [5.74, 6) is 0. The summed E-state index contributed by atoms with van der Waals surface area (Å²) in [6, 6.07) is 0.409. The number of rotatable bonds is 6. The number of nitrogens with one attached hydrogen (secondary N) is 1. The molecule has 0 aromatic carbocycles. The molecular formula is C14H26N2OS. The maximum absolute atomic E-state index is 5.58. The summed E-state index contributed by atoms with van der Waals surface area (Å²) in [4.78, 5) is 4.65. The molecule has 104 valence electrons. The van der Waals surface area contributed by atoms with Gasteiger partial charge >= 0.3 is 0 Å². The van der Waals surface area contributed by atoms with Gasteiger partial charge in [-0.2, -0.15) is 0 Å². The van der Waals surface area contributed by atoms with Crippen LogP contribution < -0.4 is 5.32 Å². The van der Waals surface area contributed by atoms with Crippen LogP contribution in [0.2, 0.25) is 0 Å². The molecular weight excluding hydrogens is 244 g/mol. The van der Waals surface area contributed by atoms with E-state index >= 15 is 0 Å². The van der Waals surface area contributed by atoms with Crippen LogP contribution in [0.4, 0.5) is 0 Å². The number of aromatic nitrogens is 1. The van der Waals surface area contributed by atoms with Crippen LogP contribution in [0.5, 0.6) is 0 Å². The first-order valence-electron chi connectivity index (χ1n) is 6.44. The molecule has 1 unspecified atom stereocenters. The number of thiazole rings is 1. The standard InChI is InChI=1S/C14H26N2OS/c1-10(2)16-14(6,9-13(4,5)17-7)12-15-11(3)8-18-12/h8,10,16H,9H2,1-7H3. The first-order chi connectivity index (χ1) is 8.18. The first-order valence-corrected chi connectivity index (χ1v) is 7.32. The molecule has 1 rings (SSSR count). The highest BCUT2D eigenvalue weighted by atomic mass is 32.1. The van der Waals surface area contributed by atoms with E-state index in [1.165, 1.54) is 0 Å². The minimum atomic E-state index is -0.170. The Labute approximate surface area is 115 Å². The second-order valence-corrected chi connectivity index (χ2v) is 6.92. The Morgan fingerprint density at radius 3 is 2.39 bits per heavy atom. The van der Waals surface area contributed by atoms with Gasteiger partial charge in [0.2, 0.25) is 0 Å². The van der Waals surface area contributed by atoms with E-state index in [2.05, 4.69) is 50.3 Å². The van der Waals surface area contributed by atoms with E-state index < -0.39 is 0 Å². The fraction of sp³-hybridized carbons (Fsp3) is 0.786. The number of hydrogen-bond acceptors (Lipinski definition) is 4. The summed E-state index contributed by atoms with van der Waals surface area (Å²) in [6.45, 7) is 12.8. The van der Waals surface area contributed by atoms with Crippen LogP contribution in [0, 0.1) is 6.92 Å². The Morgan fingerprint density at radius 2 is 2.00 bits per heavy atom. The third-order valence-electron chi connectivity index (χ3n) is 3.03. The lowest BCUT2D eigenvalue weighted by Gasteiger charge is -2.37. The van der Waals surface area contributed by atoms with E-state index in [9.17, 15) is 0 Å². The Kier molecular flexibility index (Phi) is 4.92. The smallest absolute Gasteiger partial charge is 0.113 e. The zero-order valence-corrected chi connectivity index (χ0v) is 13.4. The zero-order valence-electron chi connectivity index (χ0n) is 12.6. The second kappa shape index (κ2) is 5.68. The Bertz CT molecular complexity index is 387. The van der Waals surface area contributed by atoms with Gasteiger partial charge in [0, 0.05) is 30.6 Å². The maximum atomic E-state index is 5.58. The molecule has 1 atom stereocenters. The van der Waals surface area contributed by atoms with Crippen molar-refractivity contribution in [1.29, 1.82) is 0 Å².